The summed E-state index contributed by atoms with van der Waals surface area (Å²) in [5, 5.41) is 19.9. The number of nitro benzene ring substituents is 1. The van der Waals surface area contributed by atoms with Crippen LogP contribution in [0.4, 0.5) is 11.4 Å². The molecule has 1 aliphatic rings. The zero-order valence-electron chi connectivity index (χ0n) is 11.2. The fraction of sp³-hybridized carbons (Fsp3) is 0.500. The maximum Gasteiger partial charge on any atom is 0.287 e. The Labute approximate surface area is 112 Å². The van der Waals surface area contributed by atoms with Crippen LogP contribution in [0.5, 0.6) is 0 Å². The smallest absolute Gasteiger partial charge is 0.287 e. The Morgan fingerprint density at radius 1 is 1.53 bits per heavy atom. The molecule has 1 saturated heterocycles. The molecule has 2 rings (SSSR count). The minimum absolute atomic E-state index is 0.119. The summed E-state index contributed by atoms with van der Waals surface area (Å²) >= 11 is 0. The maximum atomic E-state index is 10.8. The Balaban J connectivity index is 2.36. The van der Waals surface area contributed by atoms with Crippen LogP contribution in [-0.4, -0.2) is 17.5 Å². The predicted octanol–water partition coefficient (Wildman–Crippen LogP) is 3.09. The van der Waals surface area contributed by atoms with Crippen LogP contribution in [0, 0.1) is 27.4 Å². The Morgan fingerprint density at radius 2 is 2.26 bits per heavy atom. The van der Waals surface area contributed by atoms with Crippen LogP contribution in [0.3, 0.4) is 0 Å². The molecule has 5 heteroatoms. The molecule has 0 amide bonds. The predicted molar refractivity (Wildman–Crippen MR) is 73.0 cm³/mol. The average molecular weight is 259 g/mol. The van der Waals surface area contributed by atoms with E-state index in [0.717, 1.165) is 25.1 Å². The zero-order valence-corrected chi connectivity index (χ0v) is 11.2. The molecule has 0 bridgehead atoms. The first-order valence-electron chi connectivity index (χ1n) is 6.49. The van der Waals surface area contributed by atoms with Crippen LogP contribution in [0.1, 0.15) is 32.3 Å². The normalized spacial score (nSPS) is 18.6. The summed E-state index contributed by atoms with van der Waals surface area (Å²) in [5.74, 6) is 0.531. The van der Waals surface area contributed by atoms with Gasteiger partial charge in [-0.1, -0.05) is 13.8 Å². The van der Waals surface area contributed by atoms with Gasteiger partial charge in [0.15, 0.2) is 0 Å². The van der Waals surface area contributed by atoms with E-state index in [0.29, 0.717) is 12.0 Å². The summed E-state index contributed by atoms with van der Waals surface area (Å²) < 4.78 is 0. The molecule has 0 aliphatic carbocycles. The lowest BCUT2D eigenvalue weighted by atomic mass is 10.0. The monoisotopic (exact) mass is 259 g/mol. The first-order chi connectivity index (χ1) is 9.04. The fourth-order valence-electron chi connectivity index (χ4n) is 2.76. The van der Waals surface area contributed by atoms with Crippen molar-refractivity contribution in [1.29, 1.82) is 5.26 Å². The number of nitriles is 1. The van der Waals surface area contributed by atoms with Gasteiger partial charge in [0.05, 0.1) is 4.92 Å². The minimum Gasteiger partial charge on any atom is -0.368 e. The highest BCUT2D eigenvalue weighted by Crippen LogP contribution is 2.32. The van der Waals surface area contributed by atoms with Crippen LogP contribution in [0.25, 0.3) is 0 Å². The van der Waals surface area contributed by atoms with Crippen LogP contribution in [0.15, 0.2) is 18.2 Å². The van der Waals surface area contributed by atoms with E-state index in [4.69, 9.17) is 5.26 Å². The van der Waals surface area contributed by atoms with Crippen molar-refractivity contribution >= 4 is 11.4 Å². The molecule has 0 saturated carbocycles. The lowest BCUT2D eigenvalue weighted by Crippen LogP contribution is -2.33. The van der Waals surface area contributed by atoms with E-state index in [2.05, 4.69) is 18.7 Å². The maximum absolute atomic E-state index is 10.8. The van der Waals surface area contributed by atoms with Gasteiger partial charge in [0.2, 0.25) is 0 Å². The van der Waals surface area contributed by atoms with Gasteiger partial charge in [0, 0.05) is 24.3 Å². The second-order valence-corrected chi connectivity index (χ2v) is 5.22. The van der Waals surface area contributed by atoms with Crippen molar-refractivity contribution in [3.8, 4) is 6.07 Å². The summed E-state index contributed by atoms with van der Waals surface area (Å²) in [6, 6.07) is 7.19. The summed E-state index contributed by atoms with van der Waals surface area (Å²) in [6.45, 7) is 5.31. The Bertz CT molecular complexity index is 534. The van der Waals surface area contributed by atoms with Gasteiger partial charge >= 0.3 is 0 Å². The van der Waals surface area contributed by atoms with Crippen molar-refractivity contribution in [2.24, 2.45) is 5.92 Å². The van der Waals surface area contributed by atoms with Gasteiger partial charge in [-0.15, -0.1) is 0 Å². The molecule has 1 atom stereocenters. The SMILES string of the molecule is CC(C)C1CCCN1c1ccc([N+](=O)[O-])c(C#N)c1. The Morgan fingerprint density at radius 3 is 2.84 bits per heavy atom. The van der Waals surface area contributed by atoms with Gasteiger partial charge in [-0.3, -0.25) is 10.1 Å². The third kappa shape index (κ3) is 2.53. The van der Waals surface area contributed by atoms with E-state index in [-0.39, 0.29) is 11.3 Å². The van der Waals surface area contributed by atoms with Crippen molar-refractivity contribution in [3.63, 3.8) is 0 Å². The largest absolute Gasteiger partial charge is 0.368 e. The second-order valence-electron chi connectivity index (χ2n) is 5.22. The van der Waals surface area contributed by atoms with Crippen molar-refractivity contribution < 1.29 is 4.92 Å². The zero-order chi connectivity index (χ0) is 14.0. The molecule has 1 aliphatic heterocycles. The Kier molecular flexibility index (Phi) is 3.70. The van der Waals surface area contributed by atoms with Gasteiger partial charge in [0.1, 0.15) is 11.6 Å². The number of rotatable bonds is 3. The highest BCUT2D eigenvalue weighted by Gasteiger charge is 2.28. The van der Waals surface area contributed by atoms with E-state index in [1.165, 1.54) is 6.07 Å². The van der Waals surface area contributed by atoms with E-state index in [9.17, 15) is 10.1 Å². The molecule has 1 aromatic rings. The summed E-state index contributed by atoms with van der Waals surface area (Å²) in [4.78, 5) is 12.6. The van der Waals surface area contributed by atoms with Crippen molar-refractivity contribution in [2.45, 2.75) is 32.7 Å². The lowest BCUT2D eigenvalue weighted by molar-refractivity contribution is -0.385. The van der Waals surface area contributed by atoms with Gasteiger partial charge in [-0.05, 0) is 30.9 Å². The molecule has 0 radical (unpaired) electrons. The summed E-state index contributed by atoms with van der Waals surface area (Å²) in [6.07, 6.45) is 2.26. The molecule has 1 fully saturated rings. The third-order valence-corrected chi connectivity index (χ3v) is 3.70. The molecular formula is C14H17N3O2. The highest BCUT2D eigenvalue weighted by molar-refractivity contribution is 5.60. The minimum atomic E-state index is -0.508. The van der Waals surface area contributed by atoms with E-state index >= 15 is 0 Å². The number of nitrogens with zero attached hydrogens (tertiary/aromatic N) is 3. The summed E-state index contributed by atoms with van der Waals surface area (Å²) in [7, 11) is 0. The first-order valence-corrected chi connectivity index (χ1v) is 6.49. The van der Waals surface area contributed by atoms with Crippen LogP contribution in [0.2, 0.25) is 0 Å². The first kappa shape index (κ1) is 13.3. The van der Waals surface area contributed by atoms with Crippen molar-refractivity contribution in [1.82, 2.24) is 0 Å². The molecule has 1 heterocycles. The molecule has 100 valence electrons. The van der Waals surface area contributed by atoms with Crippen LogP contribution < -0.4 is 4.90 Å². The van der Waals surface area contributed by atoms with E-state index < -0.39 is 4.92 Å². The molecule has 0 aromatic heterocycles. The molecule has 1 aromatic carbocycles. The standard InChI is InChI=1S/C14H17N3O2/c1-10(2)13-4-3-7-16(13)12-5-6-14(17(18)19)11(8-12)9-15/h5-6,8,10,13H,3-4,7H2,1-2H3. The number of hydrogen-bond acceptors (Lipinski definition) is 4. The van der Waals surface area contributed by atoms with Gasteiger partial charge in [-0.25, -0.2) is 0 Å². The van der Waals surface area contributed by atoms with Gasteiger partial charge < -0.3 is 4.90 Å². The molecule has 19 heavy (non-hydrogen) atoms. The van der Waals surface area contributed by atoms with E-state index in [1.807, 2.05) is 6.07 Å². The Hall–Kier alpha value is -2.09. The van der Waals surface area contributed by atoms with Crippen LogP contribution in [-0.2, 0) is 0 Å². The molecular weight excluding hydrogens is 242 g/mol. The number of hydrogen-bond donors (Lipinski definition) is 0. The fourth-order valence-corrected chi connectivity index (χ4v) is 2.76. The quantitative estimate of drug-likeness (QED) is 0.617. The lowest BCUT2D eigenvalue weighted by Gasteiger charge is -2.29. The number of nitro groups is 1. The van der Waals surface area contributed by atoms with Crippen LogP contribution >= 0.6 is 0 Å². The van der Waals surface area contributed by atoms with E-state index in [1.54, 1.807) is 12.1 Å². The number of benzene rings is 1. The second kappa shape index (κ2) is 5.27. The molecule has 0 N–H and O–H groups in total. The molecule has 0 spiro atoms. The molecule has 1 unspecified atom stereocenters. The average Bonchev–Trinajstić information content (AvgIpc) is 2.87. The third-order valence-electron chi connectivity index (χ3n) is 3.70. The molecule has 5 nitrogen and oxygen atoms in total. The van der Waals surface area contributed by atoms with Crippen molar-refractivity contribution in [3.05, 3.63) is 33.9 Å². The van der Waals surface area contributed by atoms with Crippen molar-refractivity contribution in [2.75, 3.05) is 11.4 Å². The van der Waals surface area contributed by atoms with Gasteiger partial charge in [0.25, 0.3) is 5.69 Å². The topological polar surface area (TPSA) is 70.2 Å². The number of anilines is 1. The highest BCUT2D eigenvalue weighted by atomic mass is 16.6. The van der Waals surface area contributed by atoms with Gasteiger partial charge in [-0.2, -0.15) is 5.26 Å². The summed E-state index contributed by atoms with van der Waals surface area (Å²) in [5.41, 5.74) is 0.932.